The lowest BCUT2D eigenvalue weighted by atomic mass is 9.89. The summed E-state index contributed by atoms with van der Waals surface area (Å²) in [4.78, 5) is 0. The van der Waals surface area contributed by atoms with Crippen LogP contribution in [0.3, 0.4) is 0 Å². The predicted molar refractivity (Wildman–Crippen MR) is 78.0 cm³/mol. The zero-order valence-corrected chi connectivity index (χ0v) is 12.7. The van der Waals surface area contributed by atoms with Gasteiger partial charge in [-0.1, -0.05) is 27.2 Å². The van der Waals surface area contributed by atoms with Crippen molar-refractivity contribution in [3.63, 3.8) is 0 Å². The van der Waals surface area contributed by atoms with Gasteiger partial charge in [0.05, 0.1) is 5.69 Å². The van der Waals surface area contributed by atoms with Crippen LogP contribution < -0.4 is 5.32 Å². The van der Waals surface area contributed by atoms with E-state index in [9.17, 15) is 0 Å². The van der Waals surface area contributed by atoms with Crippen molar-refractivity contribution in [3.05, 3.63) is 17.5 Å². The molecule has 2 bridgehead atoms. The molecule has 1 N–H and O–H groups in total. The molecule has 0 amide bonds. The molecule has 0 saturated heterocycles. The van der Waals surface area contributed by atoms with Crippen molar-refractivity contribution in [2.45, 2.75) is 64.5 Å². The summed E-state index contributed by atoms with van der Waals surface area (Å²) in [5.74, 6) is 1.96. The first-order chi connectivity index (χ1) is 8.93. The fourth-order valence-corrected chi connectivity index (χ4v) is 4.03. The van der Waals surface area contributed by atoms with E-state index in [0.717, 1.165) is 24.4 Å². The Bertz CT molecular complexity index is 455. The van der Waals surface area contributed by atoms with E-state index >= 15 is 0 Å². The van der Waals surface area contributed by atoms with Crippen LogP contribution in [-0.4, -0.2) is 15.8 Å². The second-order valence-electron chi connectivity index (χ2n) is 7.59. The first-order valence-electron chi connectivity index (χ1n) is 7.70. The first kappa shape index (κ1) is 13.2. The molecule has 1 aromatic heterocycles. The SMILES string of the molecule is Cn1cc(CNC2CC3CCC2C3)c(C(C)(C)C)n1. The zero-order chi connectivity index (χ0) is 13.6. The molecule has 0 spiro atoms. The molecular weight excluding hydrogens is 234 g/mol. The van der Waals surface area contributed by atoms with Crippen molar-refractivity contribution < 1.29 is 0 Å². The van der Waals surface area contributed by atoms with Gasteiger partial charge in [-0.15, -0.1) is 0 Å². The van der Waals surface area contributed by atoms with Crippen LogP contribution in [0, 0.1) is 11.8 Å². The predicted octanol–water partition coefficient (Wildman–Crippen LogP) is 3.00. The van der Waals surface area contributed by atoms with E-state index in [2.05, 4.69) is 37.4 Å². The number of nitrogens with one attached hydrogen (secondary N) is 1. The summed E-state index contributed by atoms with van der Waals surface area (Å²) < 4.78 is 1.96. The molecule has 19 heavy (non-hydrogen) atoms. The molecule has 0 aliphatic heterocycles. The van der Waals surface area contributed by atoms with Crippen LogP contribution >= 0.6 is 0 Å². The molecule has 2 saturated carbocycles. The minimum Gasteiger partial charge on any atom is -0.310 e. The van der Waals surface area contributed by atoms with Crippen LogP contribution in [0.4, 0.5) is 0 Å². The molecule has 2 fully saturated rings. The molecule has 1 heterocycles. The van der Waals surface area contributed by atoms with Crippen LogP contribution in [0.2, 0.25) is 0 Å². The summed E-state index contributed by atoms with van der Waals surface area (Å²) >= 11 is 0. The fourth-order valence-electron chi connectivity index (χ4n) is 4.03. The third kappa shape index (κ3) is 2.58. The maximum absolute atomic E-state index is 4.65. The van der Waals surface area contributed by atoms with Crippen molar-refractivity contribution in [3.8, 4) is 0 Å². The van der Waals surface area contributed by atoms with E-state index in [1.165, 1.54) is 36.9 Å². The summed E-state index contributed by atoms with van der Waals surface area (Å²) in [5, 5.41) is 8.45. The molecule has 3 unspecified atom stereocenters. The molecule has 3 nitrogen and oxygen atoms in total. The van der Waals surface area contributed by atoms with E-state index in [4.69, 9.17) is 0 Å². The van der Waals surface area contributed by atoms with Crippen molar-refractivity contribution >= 4 is 0 Å². The Balaban J connectivity index is 1.67. The summed E-state index contributed by atoms with van der Waals surface area (Å²) in [5.41, 5.74) is 2.75. The van der Waals surface area contributed by atoms with Gasteiger partial charge >= 0.3 is 0 Å². The van der Waals surface area contributed by atoms with Crippen LogP contribution in [-0.2, 0) is 19.0 Å². The highest BCUT2D eigenvalue weighted by Crippen LogP contribution is 2.44. The first-order valence-corrected chi connectivity index (χ1v) is 7.70. The number of fused-ring (bicyclic) bond motifs is 2. The molecule has 3 heteroatoms. The zero-order valence-electron chi connectivity index (χ0n) is 12.7. The van der Waals surface area contributed by atoms with Gasteiger partial charge in [0.1, 0.15) is 0 Å². The Hall–Kier alpha value is -0.830. The van der Waals surface area contributed by atoms with Gasteiger partial charge < -0.3 is 5.32 Å². The van der Waals surface area contributed by atoms with Crippen molar-refractivity contribution in [2.75, 3.05) is 0 Å². The lowest BCUT2D eigenvalue weighted by molar-refractivity contribution is 0.349. The summed E-state index contributed by atoms with van der Waals surface area (Å²) in [6.07, 6.45) is 7.97. The van der Waals surface area contributed by atoms with E-state index in [1.807, 2.05) is 11.7 Å². The lowest BCUT2D eigenvalue weighted by Crippen LogP contribution is -2.33. The number of nitrogens with zero attached hydrogens (tertiary/aromatic N) is 2. The van der Waals surface area contributed by atoms with Gasteiger partial charge in [-0.2, -0.15) is 5.10 Å². The topological polar surface area (TPSA) is 29.9 Å². The molecule has 0 aromatic carbocycles. The molecule has 3 atom stereocenters. The van der Waals surface area contributed by atoms with Gasteiger partial charge in [-0.25, -0.2) is 0 Å². The number of hydrogen-bond donors (Lipinski definition) is 1. The molecule has 0 radical (unpaired) electrons. The lowest BCUT2D eigenvalue weighted by Gasteiger charge is -2.24. The van der Waals surface area contributed by atoms with Crippen LogP contribution in [0.1, 0.15) is 57.7 Å². The molecule has 3 rings (SSSR count). The Morgan fingerprint density at radius 3 is 2.68 bits per heavy atom. The van der Waals surface area contributed by atoms with Gasteiger partial charge in [-0.3, -0.25) is 4.68 Å². The molecule has 2 aliphatic carbocycles. The van der Waals surface area contributed by atoms with Crippen molar-refractivity contribution in [1.29, 1.82) is 0 Å². The minimum atomic E-state index is 0.132. The van der Waals surface area contributed by atoms with Crippen LogP contribution in [0.15, 0.2) is 6.20 Å². The Kier molecular flexibility index (Phi) is 3.20. The van der Waals surface area contributed by atoms with E-state index < -0.39 is 0 Å². The Labute approximate surface area is 116 Å². The maximum atomic E-state index is 4.65. The maximum Gasteiger partial charge on any atom is 0.0722 e. The number of aryl methyl sites for hydroxylation is 1. The van der Waals surface area contributed by atoms with Gasteiger partial charge in [0, 0.05) is 36.8 Å². The van der Waals surface area contributed by atoms with Gasteiger partial charge in [-0.05, 0) is 31.1 Å². The fraction of sp³-hybridized carbons (Fsp3) is 0.812. The van der Waals surface area contributed by atoms with Gasteiger partial charge in [0.25, 0.3) is 0 Å². The number of aromatic nitrogens is 2. The Morgan fingerprint density at radius 1 is 1.32 bits per heavy atom. The summed E-state index contributed by atoms with van der Waals surface area (Å²) in [6.45, 7) is 7.72. The number of rotatable bonds is 3. The third-order valence-electron chi connectivity index (χ3n) is 4.91. The van der Waals surface area contributed by atoms with Crippen molar-refractivity contribution in [2.24, 2.45) is 18.9 Å². The molecule has 1 aromatic rings. The molecule has 106 valence electrons. The average Bonchev–Trinajstić information content (AvgIpc) is 2.99. The highest BCUT2D eigenvalue weighted by Gasteiger charge is 2.39. The quantitative estimate of drug-likeness (QED) is 0.906. The van der Waals surface area contributed by atoms with E-state index in [1.54, 1.807) is 0 Å². The van der Waals surface area contributed by atoms with E-state index in [-0.39, 0.29) is 5.41 Å². The highest BCUT2D eigenvalue weighted by molar-refractivity contribution is 5.24. The molecule has 2 aliphatic rings. The standard InChI is InChI=1S/C16H27N3/c1-16(2,3)15-13(10-19(4)18-15)9-17-14-8-11-5-6-12(14)7-11/h10-12,14,17H,5-9H2,1-4H3. The van der Waals surface area contributed by atoms with Gasteiger partial charge in [0.2, 0.25) is 0 Å². The van der Waals surface area contributed by atoms with E-state index in [0.29, 0.717) is 0 Å². The smallest absolute Gasteiger partial charge is 0.0722 e. The number of hydrogen-bond acceptors (Lipinski definition) is 2. The van der Waals surface area contributed by atoms with Crippen molar-refractivity contribution in [1.82, 2.24) is 15.1 Å². The largest absolute Gasteiger partial charge is 0.310 e. The van der Waals surface area contributed by atoms with Gasteiger partial charge in [0.15, 0.2) is 0 Å². The third-order valence-corrected chi connectivity index (χ3v) is 4.91. The Morgan fingerprint density at radius 2 is 2.11 bits per heavy atom. The summed E-state index contributed by atoms with van der Waals surface area (Å²) in [6, 6.07) is 0.756. The van der Waals surface area contributed by atoms with Crippen LogP contribution in [0.5, 0.6) is 0 Å². The summed E-state index contributed by atoms with van der Waals surface area (Å²) in [7, 11) is 2.02. The normalized spacial score (nSPS) is 30.2. The average molecular weight is 261 g/mol. The molecular formula is C16H27N3. The monoisotopic (exact) mass is 261 g/mol. The minimum absolute atomic E-state index is 0.132. The second kappa shape index (κ2) is 4.62. The van der Waals surface area contributed by atoms with Crippen LogP contribution in [0.25, 0.3) is 0 Å². The second-order valence-corrected chi connectivity index (χ2v) is 7.59. The highest BCUT2D eigenvalue weighted by atomic mass is 15.3.